The van der Waals surface area contributed by atoms with Crippen LogP contribution >= 0.6 is 27.3 Å². The van der Waals surface area contributed by atoms with Crippen molar-refractivity contribution in [1.29, 1.82) is 0 Å². The molecule has 0 amide bonds. The summed E-state index contributed by atoms with van der Waals surface area (Å²) in [7, 11) is 0. The average Bonchev–Trinajstić information content (AvgIpc) is 3.22. The van der Waals surface area contributed by atoms with Gasteiger partial charge in [0, 0.05) is 5.92 Å². The minimum Gasteiger partial charge on any atom is -0.461 e. The van der Waals surface area contributed by atoms with Crippen LogP contribution in [0.2, 0.25) is 0 Å². The van der Waals surface area contributed by atoms with Crippen LogP contribution in [0, 0.1) is 23.7 Å². The molecule has 0 spiro atoms. The molecule has 2 heterocycles. The molecule has 0 radical (unpaired) electrons. The molecule has 5 nitrogen and oxygen atoms in total. The van der Waals surface area contributed by atoms with Gasteiger partial charge in [-0.15, -0.1) is 11.3 Å². The molecule has 2 aliphatic carbocycles. The van der Waals surface area contributed by atoms with E-state index in [1.807, 2.05) is 0 Å². The predicted octanol–water partition coefficient (Wildman–Crippen LogP) is 2.04. The lowest BCUT2D eigenvalue weighted by atomic mass is 9.80. The molecule has 6 unspecified atom stereocenters. The van der Waals surface area contributed by atoms with Crippen LogP contribution in [0.1, 0.15) is 16.1 Å². The van der Waals surface area contributed by atoms with Crippen LogP contribution in [0.15, 0.2) is 17.5 Å². The van der Waals surface area contributed by atoms with E-state index in [-0.39, 0.29) is 41.1 Å². The number of ether oxygens (including phenoxy) is 2. The van der Waals surface area contributed by atoms with Crippen molar-refractivity contribution < 1.29 is 23.9 Å². The van der Waals surface area contributed by atoms with Crippen LogP contribution in [0.3, 0.4) is 0 Å². The van der Waals surface area contributed by atoms with Gasteiger partial charge in [0.25, 0.3) is 0 Å². The Labute approximate surface area is 139 Å². The summed E-state index contributed by atoms with van der Waals surface area (Å²) in [5.74, 6) is -1.70. The second kappa shape index (κ2) is 5.16. The number of alkyl halides is 1. The topological polar surface area (TPSA) is 69.7 Å². The van der Waals surface area contributed by atoms with E-state index in [2.05, 4.69) is 15.9 Å². The first kappa shape index (κ1) is 14.4. The fraction of sp³-hybridized carbons (Fsp3) is 0.533. The van der Waals surface area contributed by atoms with Gasteiger partial charge in [-0.05, 0) is 23.8 Å². The van der Waals surface area contributed by atoms with Gasteiger partial charge < -0.3 is 9.47 Å². The van der Waals surface area contributed by atoms with Crippen LogP contribution in [0.4, 0.5) is 0 Å². The second-order valence-electron chi connectivity index (χ2n) is 5.97. The number of halogens is 1. The molecule has 1 saturated heterocycles. The van der Waals surface area contributed by atoms with Crippen molar-refractivity contribution in [3.8, 4) is 0 Å². The van der Waals surface area contributed by atoms with Crippen molar-refractivity contribution in [2.45, 2.75) is 17.4 Å². The summed E-state index contributed by atoms with van der Waals surface area (Å²) in [5, 5.41) is 1.80. The third-order valence-corrected chi connectivity index (χ3v) is 7.05. The lowest BCUT2D eigenvalue weighted by Gasteiger charge is -2.26. The Morgan fingerprint density at radius 3 is 2.95 bits per heavy atom. The Morgan fingerprint density at radius 2 is 2.23 bits per heavy atom. The number of fused-ring (bicyclic) bond motifs is 1. The van der Waals surface area contributed by atoms with E-state index in [1.165, 1.54) is 11.3 Å². The summed E-state index contributed by atoms with van der Waals surface area (Å²) < 4.78 is 10.6. The fourth-order valence-corrected chi connectivity index (χ4v) is 5.73. The zero-order chi connectivity index (χ0) is 15.4. The molecule has 1 aromatic heterocycles. The van der Waals surface area contributed by atoms with E-state index in [4.69, 9.17) is 9.47 Å². The lowest BCUT2D eigenvalue weighted by Crippen LogP contribution is -2.39. The van der Waals surface area contributed by atoms with Crippen molar-refractivity contribution in [3.05, 3.63) is 22.4 Å². The standard InChI is InChI=1S/C15H13BrO5S/c16-12-6-4-7-11(15(19)21-13(7)12)10(6)14(18)20-5-8(17)9-2-1-3-22-9/h1-3,6-7,10-13H,4-5H2. The minimum atomic E-state index is -0.489. The van der Waals surface area contributed by atoms with Gasteiger partial charge in [0.1, 0.15) is 6.10 Å². The summed E-state index contributed by atoms with van der Waals surface area (Å²) in [6, 6.07) is 3.48. The van der Waals surface area contributed by atoms with Crippen LogP contribution in [-0.2, 0) is 19.1 Å². The molecule has 22 heavy (non-hydrogen) atoms. The molecule has 0 aromatic carbocycles. The van der Waals surface area contributed by atoms with Crippen LogP contribution < -0.4 is 0 Å². The summed E-state index contributed by atoms with van der Waals surface area (Å²) in [4.78, 5) is 36.8. The highest BCUT2D eigenvalue weighted by atomic mass is 79.9. The number of hydrogen-bond acceptors (Lipinski definition) is 6. The highest BCUT2D eigenvalue weighted by molar-refractivity contribution is 9.09. The van der Waals surface area contributed by atoms with E-state index in [0.717, 1.165) is 6.42 Å². The van der Waals surface area contributed by atoms with Gasteiger partial charge >= 0.3 is 11.9 Å². The lowest BCUT2D eigenvalue weighted by molar-refractivity contribution is -0.154. The van der Waals surface area contributed by atoms with Crippen molar-refractivity contribution in [2.24, 2.45) is 23.7 Å². The monoisotopic (exact) mass is 384 g/mol. The molecule has 3 aliphatic rings. The van der Waals surface area contributed by atoms with Gasteiger partial charge in [0.05, 0.1) is 21.5 Å². The molecule has 3 fully saturated rings. The number of carbonyl (C=O) groups excluding carboxylic acids is 3. The number of ketones is 1. The van der Waals surface area contributed by atoms with Gasteiger partial charge in [0.15, 0.2) is 6.61 Å². The van der Waals surface area contributed by atoms with Gasteiger partial charge in [-0.25, -0.2) is 0 Å². The van der Waals surface area contributed by atoms with Crippen molar-refractivity contribution in [3.63, 3.8) is 0 Å². The summed E-state index contributed by atoms with van der Waals surface area (Å²) in [6.45, 7) is -0.272. The Bertz CT molecular complexity index is 642. The SMILES string of the molecule is O=C(COC(=O)C1C2CC3C(OC(=O)C31)C2Br)c1cccs1. The van der Waals surface area contributed by atoms with Crippen molar-refractivity contribution in [2.75, 3.05) is 6.61 Å². The maximum absolute atomic E-state index is 12.4. The van der Waals surface area contributed by atoms with E-state index in [9.17, 15) is 14.4 Å². The van der Waals surface area contributed by atoms with Crippen molar-refractivity contribution in [1.82, 2.24) is 0 Å². The first-order valence-electron chi connectivity index (χ1n) is 7.16. The fourth-order valence-electron chi connectivity index (χ4n) is 4.04. The molecule has 1 aromatic rings. The smallest absolute Gasteiger partial charge is 0.310 e. The Kier molecular flexibility index (Phi) is 3.38. The van der Waals surface area contributed by atoms with Gasteiger partial charge in [-0.2, -0.15) is 0 Å². The Hall–Kier alpha value is -1.21. The first-order valence-corrected chi connectivity index (χ1v) is 8.95. The first-order chi connectivity index (χ1) is 10.6. The summed E-state index contributed by atoms with van der Waals surface area (Å²) in [6.07, 6.45) is 0.689. The molecule has 116 valence electrons. The summed E-state index contributed by atoms with van der Waals surface area (Å²) >= 11 is 4.86. The van der Waals surface area contributed by atoms with Gasteiger partial charge in [0.2, 0.25) is 5.78 Å². The molecule has 0 N–H and O–H groups in total. The van der Waals surface area contributed by atoms with Crippen LogP contribution in [-0.4, -0.2) is 35.3 Å². The molecule has 7 heteroatoms. The number of Topliss-reactive ketones (excluding diaryl/α,β-unsaturated/α-hetero) is 1. The molecule has 4 rings (SSSR count). The highest BCUT2D eigenvalue weighted by Gasteiger charge is 2.68. The zero-order valence-corrected chi connectivity index (χ0v) is 13.8. The van der Waals surface area contributed by atoms with Gasteiger partial charge in [-0.3, -0.25) is 14.4 Å². The number of rotatable bonds is 4. The molecule has 2 bridgehead atoms. The maximum Gasteiger partial charge on any atom is 0.310 e. The van der Waals surface area contributed by atoms with E-state index < -0.39 is 17.8 Å². The predicted molar refractivity (Wildman–Crippen MR) is 80.8 cm³/mol. The Morgan fingerprint density at radius 1 is 1.41 bits per heavy atom. The van der Waals surface area contributed by atoms with E-state index in [1.54, 1.807) is 17.5 Å². The number of thiophene rings is 1. The second-order valence-corrected chi connectivity index (χ2v) is 7.97. The molecule has 6 atom stereocenters. The molecule has 1 aliphatic heterocycles. The zero-order valence-electron chi connectivity index (χ0n) is 11.4. The quantitative estimate of drug-likeness (QED) is 0.451. The average molecular weight is 385 g/mol. The largest absolute Gasteiger partial charge is 0.461 e. The van der Waals surface area contributed by atoms with Crippen LogP contribution in [0.5, 0.6) is 0 Å². The molecular weight excluding hydrogens is 372 g/mol. The maximum atomic E-state index is 12.4. The van der Waals surface area contributed by atoms with E-state index >= 15 is 0 Å². The Balaban J connectivity index is 1.45. The number of esters is 2. The number of hydrogen-bond donors (Lipinski definition) is 0. The third kappa shape index (κ3) is 1.98. The van der Waals surface area contributed by atoms with E-state index in [0.29, 0.717) is 4.88 Å². The summed E-state index contributed by atoms with van der Waals surface area (Å²) in [5.41, 5.74) is 0. The minimum absolute atomic E-state index is 0.00532. The molecular formula is C15H13BrO5S. The third-order valence-electron chi connectivity index (χ3n) is 4.94. The highest BCUT2D eigenvalue weighted by Crippen LogP contribution is 2.60. The van der Waals surface area contributed by atoms with Gasteiger partial charge in [-0.1, -0.05) is 22.0 Å². The van der Waals surface area contributed by atoms with Crippen LogP contribution in [0.25, 0.3) is 0 Å². The normalized spacial score (nSPS) is 38.1. The number of carbonyl (C=O) groups is 3. The molecule has 2 saturated carbocycles. The van der Waals surface area contributed by atoms with Crippen molar-refractivity contribution >= 4 is 45.0 Å².